The fourth-order valence-corrected chi connectivity index (χ4v) is 2.17. The molecule has 1 amide bonds. The van der Waals surface area contributed by atoms with Crippen LogP contribution in [0, 0.1) is 0 Å². The molecule has 5 nitrogen and oxygen atoms in total. The maximum Gasteiger partial charge on any atom is 0.405 e. The highest BCUT2D eigenvalue weighted by atomic mass is 19.4. The van der Waals surface area contributed by atoms with E-state index in [-0.39, 0.29) is 5.75 Å². The molecule has 0 fully saturated rings. The highest BCUT2D eigenvalue weighted by Gasteiger charge is 2.27. The summed E-state index contributed by atoms with van der Waals surface area (Å²) in [5.74, 6) is -0.671. The van der Waals surface area contributed by atoms with Crippen LogP contribution in [0.5, 0.6) is 5.75 Å². The number of hydrogen-bond donors (Lipinski definition) is 1. The summed E-state index contributed by atoms with van der Waals surface area (Å²) >= 11 is 0. The van der Waals surface area contributed by atoms with E-state index < -0.39 is 30.9 Å². The lowest BCUT2D eigenvalue weighted by atomic mass is 10.1. The first kappa shape index (κ1) is 17.8. The summed E-state index contributed by atoms with van der Waals surface area (Å²) in [6, 6.07) is 6.12. The van der Waals surface area contributed by atoms with Crippen molar-refractivity contribution in [3.05, 3.63) is 40.2 Å². The molecule has 0 saturated carbocycles. The lowest BCUT2D eigenvalue weighted by molar-refractivity contribution is -0.139. The number of carbonyl (C=O) groups excluding carboxylic acids is 1. The average molecular weight is 343 g/mol. The van der Waals surface area contributed by atoms with Crippen molar-refractivity contribution in [2.75, 3.05) is 13.2 Å². The molecule has 0 unspecified atom stereocenters. The van der Waals surface area contributed by atoms with Crippen molar-refractivity contribution in [1.29, 1.82) is 0 Å². The molecule has 0 saturated heterocycles. The van der Waals surface area contributed by atoms with Crippen molar-refractivity contribution in [2.24, 2.45) is 0 Å². The highest BCUT2D eigenvalue weighted by Crippen LogP contribution is 2.23. The summed E-state index contributed by atoms with van der Waals surface area (Å²) < 4.78 is 46.2. The molecule has 0 aliphatic carbocycles. The smallest absolute Gasteiger partial charge is 0.405 e. The summed E-state index contributed by atoms with van der Waals surface area (Å²) in [7, 11) is 0. The molecule has 0 bridgehead atoms. The molecular formula is C16H16F3NO4. The second-order valence-corrected chi connectivity index (χ2v) is 5.18. The minimum absolute atomic E-state index is 0.224. The number of fused-ring (bicyclic) bond motifs is 1. The Bertz CT molecular complexity index is 783. The molecule has 130 valence electrons. The van der Waals surface area contributed by atoms with Crippen molar-refractivity contribution in [1.82, 2.24) is 5.32 Å². The number of benzene rings is 1. The number of carbonyl (C=O) groups is 1. The van der Waals surface area contributed by atoms with Crippen LogP contribution in [0.4, 0.5) is 13.2 Å². The number of rotatable bonds is 6. The average Bonchev–Trinajstić information content (AvgIpc) is 2.50. The number of aryl methyl sites for hydroxylation is 1. The number of hydrogen-bond acceptors (Lipinski definition) is 4. The molecule has 2 aromatic rings. The van der Waals surface area contributed by atoms with E-state index in [4.69, 9.17) is 9.15 Å². The summed E-state index contributed by atoms with van der Waals surface area (Å²) in [4.78, 5) is 22.9. The molecule has 0 aliphatic rings. The van der Waals surface area contributed by atoms with Crippen LogP contribution in [-0.4, -0.2) is 25.2 Å². The zero-order valence-corrected chi connectivity index (χ0v) is 12.9. The third-order valence-electron chi connectivity index (χ3n) is 3.18. The van der Waals surface area contributed by atoms with Crippen LogP contribution >= 0.6 is 0 Å². The van der Waals surface area contributed by atoms with E-state index in [1.54, 1.807) is 17.4 Å². The molecule has 1 heterocycles. The number of halogens is 3. The van der Waals surface area contributed by atoms with Gasteiger partial charge in [-0.1, -0.05) is 13.3 Å². The van der Waals surface area contributed by atoms with Crippen molar-refractivity contribution >= 4 is 16.9 Å². The topological polar surface area (TPSA) is 68.5 Å². The Morgan fingerprint density at radius 2 is 2.04 bits per heavy atom. The van der Waals surface area contributed by atoms with Crippen LogP contribution in [0.3, 0.4) is 0 Å². The number of amides is 1. The molecule has 1 aromatic heterocycles. The maximum absolute atomic E-state index is 12.0. The van der Waals surface area contributed by atoms with Crippen molar-refractivity contribution < 1.29 is 27.1 Å². The summed E-state index contributed by atoms with van der Waals surface area (Å²) in [6.45, 7) is 0.000127. The van der Waals surface area contributed by atoms with Gasteiger partial charge in [0.15, 0.2) is 6.61 Å². The van der Waals surface area contributed by atoms with Gasteiger partial charge in [0.1, 0.15) is 17.9 Å². The molecule has 24 heavy (non-hydrogen) atoms. The number of nitrogens with one attached hydrogen (secondary N) is 1. The third-order valence-corrected chi connectivity index (χ3v) is 3.18. The van der Waals surface area contributed by atoms with Gasteiger partial charge in [0, 0.05) is 17.5 Å². The van der Waals surface area contributed by atoms with E-state index in [1.165, 1.54) is 12.1 Å². The van der Waals surface area contributed by atoms with Crippen LogP contribution in [0.1, 0.15) is 18.9 Å². The van der Waals surface area contributed by atoms with Gasteiger partial charge < -0.3 is 14.5 Å². The molecule has 0 radical (unpaired) electrons. The Kier molecular flexibility index (Phi) is 5.48. The second-order valence-electron chi connectivity index (χ2n) is 5.18. The normalized spacial score (nSPS) is 11.5. The molecule has 1 N–H and O–H groups in total. The molecule has 0 aliphatic heterocycles. The van der Waals surface area contributed by atoms with Crippen molar-refractivity contribution in [3.8, 4) is 5.75 Å². The number of alkyl halides is 3. The van der Waals surface area contributed by atoms with Gasteiger partial charge in [0.2, 0.25) is 0 Å². The van der Waals surface area contributed by atoms with Crippen LogP contribution in [0.25, 0.3) is 11.0 Å². The van der Waals surface area contributed by atoms with Gasteiger partial charge in [-0.2, -0.15) is 13.2 Å². The standard InChI is InChI=1S/C16H16F3NO4/c1-2-3-10-6-15(22)24-13-7-11(4-5-12(10)13)23-8-14(21)20-9-16(17,18)19/h4-7H,2-3,8-9H2,1H3,(H,20,21). The lowest BCUT2D eigenvalue weighted by Gasteiger charge is -2.10. The third kappa shape index (κ3) is 5.00. The molecular weight excluding hydrogens is 327 g/mol. The monoisotopic (exact) mass is 343 g/mol. The first-order valence-electron chi connectivity index (χ1n) is 7.31. The predicted octanol–water partition coefficient (Wildman–Crippen LogP) is 2.80. The van der Waals surface area contributed by atoms with Gasteiger partial charge in [-0.3, -0.25) is 4.79 Å². The summed E-state index contributed by atoms with van der Waals surface area (Å²) in [5.41, 5.74) is 0.656. The maximum atomic E-state index is 12.0. The zero-order valence-electron chi connectivity index (χ0n) is 12.9. The molecule has 1 aromatic carbocycles. The Morgan fingerprint density at radius 1 is 1.29 bits per heavy atom. The van der Waals surface area contributed by atoms with E-state index >= 15 is 0 Å². The summed E-state index contributed by atoms with van der Waals surface area (Å²) in [5, 5.41) is 2.46. The molecule has 2 rings (SSSR count). The Labute approximate surface area is 135 Å². The van der Waals surface area contributed by atoms with E-state index in [0.29, 0.717) is 12.0 Å². The van der Waals surface area contributed by atoms with Gasteiger partial charge in [-0.05, 0) is 24.1 Å². The Morgan fingerprint density at radius 3 is 2.71 bits per heavy atom. The Balaban J connectivity index is 2.08. The quantitative estimate of drug-likeness (QED) is 0.819. The van der Waals surface area contributed by atoms with Crippen molar-refractivity contribution in [3.63, 3.8) is 0 Å². The SMILES string of the molecule is CCCc1cc(=O)oc2cc(OCC(=O)NCC(F)(F)F)ccc12. The predicted molar refractivity (Wildman–Crippen MR) is 81.0 cm³/mol. The minimum Gasteiger partial charge on any atom is -0.484 e. The van der Waals surface area contributed by atoms with E-state index in [1.807, 2.05) is 6.92 Å². The lowest BCUT2D eigenvalue weighted by Crippen LogP contribution is -2.36. The highest BCUT2D eigenvalue weighted by molar-refractivity contribution is 5.82. The van der Waals surface area contributed by atoms with E-state index in [0.717, 1.165) is 17.4 Å². The Hall–Kier alpha value is -2.51. The van der Waals surface area contributed by atoms with Crippen molar-refractivity contribution in [2.45, 2.75) is 25.9 Å². The van der Waals surface area contributed by atoms with Crippen LogP contribution in [-0.2, 0) is 11.2 Å². The van der Waals surface area contributed by atoms with Gasteiger partial charge in [0.25, 0.3) is 5.91 Å². The van der Waals surface area contributed by atoms with Crippen LogP contribution < -0.4 is 15.7 Å². The largest absolute Gasteiger partial charge is 0.484 e. The van der Waals surface area contributed by atoms with Gasteiger partial charge >= 0.3 is 11.8 Å². The van der Waals surface area contributed by atoms with Gasteiger partial charge in [-0.15, -0.1) is 0 Å². The van der Waals surface area contributed by atoms with Gasteiger partial charge in [0.05, 0.1) is 0 Å². The fourth-order valence-electron chi connectivity index (χ4n) is 2.17. The van der Waals surface area contributed by atoms with Gasteiger partial charge in [-0.25, -0.2) is 4.79 Å². The van der Waals surface area contributed by atoms with Crippen LogP contribution in [0.2, 0.25) is 0 Å². The van der Waals surface area contributed by atoms with E-state index in [9.17, 15) is 22.8 Å². The second kappa shape index (κ2) is 7.37. The summed E-state index contributed by atoms with van der Waals surface area (Å²) in [6.07, 6.45) is -2.91. The number of ether oxygens (including phenoxy) is 1. The van der Waals surface area contributed by atoms with Crippen LogP contribution in [0.15, 0.2) is 33.5 Å². The molecule has 0 spiro atoms. The first-order valence-corrected chi connectivity index (χ1v) is 7.31. The fraction of sp³-hybridized carbons (Fsp3) is 0.375. The zero-order chi connectivity index (χ0) is 17.7. The van der Waals surface area contributed by atoms with E-state index in [2.05, 4.69) is 0 Å². The molecule has 8 heteroatoms. The first-order chi connectivity index (χ1) is 11.3. The molecule has 0 atom stereocenters. The minimum atomic E-state index is -4.47.